The molecule has 0 heterocycles. The van der Waals surface area contributed by atoms with E-state index in [1.807, 2.05) is 37.2 Å². The zero-order chi connectivity index (χ0) is 15.4. The minimum Gasteiger partial charge on any atom is -0.495 e. The Hall–Kier alpha value is -2.20. The lowest BCUT2D eigenvalue weighted by Gasteiger charge is -2.14. The summed E-state index contributed by atoms with van der Waals surface area (Å²) in [7, 11) is 5.40. The highest BCUT2D eigenvalue weighted by atomic mass is 35.5. The van der Waals surface area contributed by atoms with Gasteiger partial charge in [-0.2, -0.15) is 0 Å². The van der Waals surface area contributed by atoms with E-state index >= 15 is 0 Å². The number of halogens is 1. The molecule has 2 aromatic carbocycles. The van der Waals surface area contributed by atoms with Crippen molar-refractivity contribution in [3.05, 3.63) is 53.1 Å². The highest BCUT2D eigenvalue weighted by Gasteiger charge is 2.11. The molecule has 0 saturated heterocycles. The first-order valence-electron chi connectivity index (χ1n) is 6.43. The monoisotopic (exact) mass is 304 g/mol. The smallest absolute Gasteiger partial charge is 0.255 e. The lowest BCUT2D eigenvalue weighted by Crippen LogP contribution is -2.14. The van der Waals surface area contributed by atoms with Crippen LogP contribution in [0.15, 0.2) is 42.5 Å². The van der Waals surface area contributed by atoms with Gasteiger partial charge in [-0.1, -0.05) is 17.7 Å². The minimum absolute atomic E-state index is 0.209. The van der Waals surface area contributed by atoms with Crippen LogP contribution in [0.2, 0.25) is 5.02 Å². The lowest BCUT2D eigenvalue weighted by molar-refractivity contribution is 0.102. The predicted octanol–water partition coefficient (Wildman–Crippen LogP) is 3.67. The fraction of sp³-hybridized carbons (Fsp3) is 0.188. The molecular weight excluding hydrogens is 288 g/mol. The molecule has 0 aliphatic heterocycles. The summed E-state index contributed by atoms with van der Waals surface area (Å²) in [6.07, 6.45) is 0. The van der Waals surface area contributed by atoms with Crippen molar-refractivity contribution in [3.63, 3.8) is 0 Å². The molecular formula is C16H17ClN2O2. The topological polar surface area (TPSA) is 41.6 Å². The molecule has 21 heavy (non-hydrogen) atoms. The standard InChI is InChI=1S/C16H17ClN2O2/c1-19(2)13-6-4-5-11(9-13)16(20)18-14-10-12(17)7-8-15(14)21-3/h4-10H,1-3H3,(H,18,20). The van der Waals surface area contributed by atoms with Crippen LogP contribution in [-0.2, 0) is 0 Å². The summed E-state index contributed by atoms with van der Waals surface area (Å²) in [5, 5.41) is 3.35. The number of benzene rings is 2. The van der Waals surface area contributed by atoms with Crippen LogP contribution in [0.1, 0.15) is 10.4 Å². The molecule has 0 unspecified atom stereocenters. The Morgan fingerprint density at radius 3 is 2.62 bits per heavy atom. The van der Waals surface area contributed by atoms with Crippen LogP contribution in [0.25, 0.3) is 0 Å². The van der Waals surface area contributed by atoms with Crippen molar-refractivity contribution in [2.75, 3.05) is 31.4 Å². The second-order valence-electron chi connectivity index (χ2n) is 4.74. The Bertz CT molecular complexity index is 656. The number of methoxy groups -OCH3 is 1. The van der Waals surface area contributed by atoms with Crippen molar-refractivity contribution < 1.29 is 9.53 Å². The summed E-state index contributed by atoms with van der Waals surface area (Å²) in [4.78, 5) is 14.3. The van der Waals surface area contributed by atoms with Crippen molar-refractivity contribution >= 4 is 28.9 Å². The van der Waals surface area contributed by atoms with Crippen LogP contribution >= 0.6 is 11.6 Å². The second-order valence-corrected chi connectivity index (χ2v) is 5.18. The summed E-state index contributed by atoms with van der Waals surface area (Å²) in [5.74, 6) is 0.357. The van der Waals surface area contributed by atoms with Gasteiger partial charge in [-0.3, -0.25) is 4.79 Å². The van der Waals surface area contributed by atoms with E-state index in [9.17, 15) is 4.79 Å². The third kappa shape index (κ3) is 3.67. The number of nitrogens with one attached hydrogen (secondary N) is 1. The second kappa shape index (κ2) is 6.50. The van der Waals surface area contributed by atoms with Crippen LogP contribution < -0.4 is 15.0 Å². The zero-order valence-corrected chi connectivity index (χ0v) is 12.9. The van der Waals surface area contributed by atoms with Gasteiger partial charge in [-0.25, -0.2) is 0 Å². The van der Waals surface area contributed by atoms with E-state index in [0.29, 0.717) is 22.0 Å². The van der Waals surface area contributed by atoms with E-state index in [1.165, 1.54) is 0 Å². The van der Waals surface area contributed by atoms with E-state index in [4.69, 9.17) is 16.3 Å². The van der Waals surface area contributed by atoms with Gasteiger partial charge in [0.05, 0.1) is 12.8 Å². The Morgan fingerprint density at radius 1 is 1.19 bits per heavy atom. The molecule has 0 saturated carbocycles. The number of amides is 1. The van der Waals surface area contributed by atoms with E-state index < -0.39 is 0 Å². The van der Waals surface area contributed by atoms with E-state index in [-0.39, 0.29) is 5.91 Å². The summed E-state index contributed by atoms with van der Waals surface area (Å²) in [5.41, 5.74) is 2.08. The number of carbonyl (C=O) groups is 1. The quantitative estimate of drug-likeness (QED) is 0.937. The summed E-state index contributed by atoms with van der Waals surface area (Å²) >= 11 is 5.96. The molecule has 5 heteroatoms. The van der Waals surface area contributed by atoms with Crippen LogP contribution in [0.3, 0.4) is 0 Å². The Morgan fingerprint density at radius 2 is 1.95 bits per heavy atom. The maximum absolute atomic E-state index is 12.3. The first kappa shape index (κ1) is 15.2. The van der Waals surface area contributed by atoms with Crippen LogP contribution in [-0.4, -0.2) is 27.1 Å². The average Bonchev–Trinajstić information content (AvgIpc) is 2.47. The maximum Gasteiger partial charge on any atom is 0.255 e. The van der Waals surface area contributed by atoms with Gasteiger partial charge in [0.25, 0.3) is 5.91 Å². The van der Waals surface area contributed by atoms with E-state index in [2.05, 4.69) is 5.32 Å². The molecule has 2 rings (SSSR count). The molecule has 0 aromatic heterocycles. The maximum atomic E-state index is 12.3. The first-order valence-corrected chi connectivity index (χ1v) is 6.81. The SMILES string of the molecule is COc1ccc(Cl)cc1NC(=O)c1cccc(N(C)C)c1. The molecule has 0 radical (unpaired) electrons. The minimum atomic E-state index is -0.209. The van der Waals surface area contributed by atoms with Crippen molar-refractivity contribution in [1.29, 1.82) is 0 Å². The highest BCUT2D eigenvalue weighted by molar-refractivity contribution is 6.31. The molecule has 0 atom stereocenters. The number of carbonyl (C=O) groups excluding carboxylic acids is 1. The number of rotatable bonds is 4. The average molecular weight is 305 g/mol. The largest absolute Gasteiger partial charge is 0.495 e. The molecule has 4 nitrogen and oxygen atoms in total. The third-order valence-electron chi connectivity index (χ3n) is 3.03. The first-order chi connectivity index (χ1) is 10.0. The van der Waals surface area contributed by atoms with Gasteiger partial charge in [0, 0.05) is 30.4 Å². The molecule has 0 aliphatic carbocycles. The Labute approximate surface area is 129 Å². The van der Waals surface area contributed by atoms with E-state index in [0.717, 1.165) is 5.69 Å². The van der Waals surface area contributed by atoms with Crippen molar-refractivity contribution in [1.82, 2.24) is 0 Å². The van der Waals surface area contributed by atoms with Gasteiger partial charge in [0.1, 0.15) is 5.75 Å². The highest BCUT2D eigenvalue weighted by Crippen LogP contribution is 2.28. The van der Waals surface area contributed by atoms with Crippen LogP contribution in [0.5, 0.6) is 5.75 Å². The molecule has 2 aromatic rings. The normalized spacial score (nSPS) is 10.1. The molecule has 0 aliphatic rings. The number of hydrogen-bond acceptors (Lipinski definition) is 3. The summed E-state index contributed by atoms with van der Waals surface area (Å²) in [6, 6.07) is 12.5. The number of hydrogen-bond donors (Lipinski definition) is 1. The molecule has 0 fully saturated rings. The lowest BCUT2D eigenvalue weighted by atomic mass is 10.1. The summed E-state index contributed by atoms with van der Waals surface area (Å²) in [6.45, 7) is 0. The fourth-order valence-corrected chi connectivity index (χ4v) is 2.07. The van der Waals surface area contributed by atoms with Gasteiger partial charge >= 0.3 is 0 Å². The van der Waals surface area contributed by atoms with Gasteiger partial charge in [-0.05, 0) is 36.4 Å². The number of ether oxygens (including phenoxy) is 1. The van der Waals surface area contributed by atoms with Gasteiger partial charge in [0.2, 0.25) is 0 Å². The van der Waals surface area contributed by atoms with Gasteiger partial charge < -0.3 is 15.0 Å². The Kier molecular flexibility index (Phi) is 4.70. The van der Waals surface area contributed by atoms with Gasteiger partial charge in [0.15, 0.2) is 0 Å². The molecule has 0 bridgehead atoms. The molecule has 110 valence electrons. The Balaban J connectivity index is 2.26. The van der Waals surface area contributed by atoms with E-state index in [1.54, 1.807) is 31.4 Å². The molecule has 0 spiro atoms. The molecule has 1 amide bonds. The van der Waals surface area contributed by atoms with Crippen LogP contribution in [0, 0.1) is 0 Å². The summed E-state index contributed by atoms with van der Waals surface area (Å²) < 4.78 is 5.22. The third-order valence-corrected chi connectivity index (χ3v) is 3.27. The van der Waals surface area contributed by atoms with Crippen molar-refractivity contribution in [3.8, 4) is 5.75 Å². The fourth-order valence-electron chi connectivity index (χ4n) is 1.90. The molecule has 1 N–H and O–H groups in total. The zero-order valence-electron chi connectivity index (χ0n) is 12.2. The van der Waals surface area contributed by atoms with Crippen molar-refractivity contribution in [2.24, 2.45) is 0 Å². The number of nitrogens with zero attached hydrogens (tertiary/aromatic N) is 1. The van der Waals surface area contributed by atoms with Crippen molar-refractivity contribution in [2.45, 2.75) is 0 Å². The predicted molar refractivity (Wildman–Crippen MR) is 86.7 cm³/mol. The number of anilines is 2. The van der Waals surface area contributed by atoms with Gasteiger partial charge in [-0.15, -0.1) is 0 Å². The van der Waals surface area contributed by atoms with Crippen LogP contribution in [0.4, 0.5) is 11.4 Å².